The molecule has 6 nitrogen and oxygen atoms in total. The van der Waals surface area contributed by atoms with Crippen molar-refractivity contribution in [3.63, 3.8) is 0 Å². The van der Waals surface area contributed by atoms with Gasteiger partial charge >= 0.3 is 0 Å². The quantitative estimate of drug-likeness (QED) is 0.262. The van der Waals surface area contributed by atoms with Gasteiger partial charge in [0.2, 0.25) is 0 Å². The van der Waals surface area contributed by atoms with Gasteiger partial charge in [-0.15, -0.1) is 0 Å². The van der Waals surface area contributed by atoms with Crippen LogP contribution in [0.4, 0.5) is 11.4 Å². The van der Waals surface area contributed by atoms with Crippen molar-refractivity contribution in [2.75, 3.05) is 10.6 Å². The van der Waals surface area contributed by atoms with Crippen LogP contribution in [-0.2, 0) is 9.59 Å². The number of benzene rings is 4. The van der Waals surface area contributed by atoms with Crippen molar-refractivity contribution in [2.24, 2.45) is 0 Å². The van der Waals surface area contributed by atoms with Gasteiger partial charge in [0.15, 0.2) is 12.2 Å². The predicted octanol–water partition coefficient (Wildman–Crippen LogP) is 6.96. The highest BCUT2D eigenvalue weighted by atomic mass is 35.5. The summed E-state index contributed by atoms with van der Waals surface area (Å²) in [4.78, 5) is 25.7. The topological polar surface area (TPSA) is 76.7 Å². The van der Waals surface area contributed by atoms with Crippen LogP contribution < -0.4 is 20.1 Å². The number of halogens is 2. The first-order chi connectivity index (χ1) is 17.3. The van der Waals surface area contributed by atoms with Gasteiger partial charge in [-0.05, 0) is 50.2 Å². The number of hydrogen-bond donors (Lipinski definition) is 2. The van der Waals surface area contributed by atoms with Gasteiger partial charge in [0, 0.05) is 22.1 Å². The fraction of sp³-hybridized carbons (Fsp3) is 0.143. The van der Waals surface area contributed by atoms with E-state index in [0.717, 1.165) is 10.8 Å². The average Bonchev–Trinajstić information content (AvgIpc) is 2.87. The Kier molecular flexibility index (Phi) is 7.98. The molecule has 2 unspecified atom stereocenters. The molecule has 0 spiro atoms. The Morgan fingerprint density at radius 2 is 1.00 bits per heavy atom. The van der Waals surface area contributed by atoms with Crippen molar-refractivity contribution in [3.8, 4) is 11.5 Å². The maximum Gasteiger partial charge on any atom is 0.265 e. The van der Waals surface area contributed by atoms with Crippen molar-refractivity contribution >= 4 is 57.2 Å². The van der Waals surface area contributed by atoms with Crippen molar-refractivity contribution in [2.45, 2.75) is 26.1 Å². The molecule has 0 saturated heterocycles. The molecule has 0 bridgehead atoms. The van der Waals surface area contributed by atoms with Gasteiger partial charge in [0.25, 0.3) is 11.8 Å². The number of hydrogen-bond acceptors (Lipinski definition) is 4. The van der Waals surface area contributed by atoms with Crippen molar-refractivity contribution in [1.82, 2.24) is 0 Å². The van der Waals surface area contributed by atoms with Crippen LogP contribution >= 0.6 is 23.2 Å². The normalized spacial score (nSPS) is 12.4. The smallest absolute Gasteiger partial charge is 0.265 e. The summed E-state index contributed by atoms with van der Waals surface area (Å²) in [5.74, 6) is 0.188. The van der Waals surface area contributed by atoms with E-state index in [1.807, 2.05) is 12.1 Å². The molecular weight excluding hydrogens is 499 g/mol. The molecule has 4 rings (SSSR count). The molecular formula is C28H24Cl2N2O4. The molecule has 0 saturated carbocycles. The largest absolute Gasteiger partial charge is 0.479 e. The molecule has 8 heteroatoms. The number of nitrogens with one attached hydrogen (secondary N) is 2. The van der Waals surface area contributed by atoms with Crippen LogP contribution in [0.5, 0.6) is 11.5 Å². The number of carbonyl (C=O) groups excluding carboxylic acids is 2. The predicted molar refractivity (Wildman–Crippen MR) is 144 cm³/mol. The van der Waals surface area contributed by atoms with Crippen LogP contribution in [0, 0.1) is 0 Å². The molecule has 0 aromatic heterocycles. The van der Waals surface area contributed by atoms with Crippen LogP contribution in [0.2, 0.25) is 10.0 Å². The van der Waals surface area contributed by atoms with Crippen LogP contribution in [0.1, 0.15) is 13.8 Å². The van der Waals surface area contributed by atoms with E-state index < -0.39 is 12.2 Å². The van der Waals surface area contributed by atoms with Gasteiger partial charge in [-0.2, -0.15) is 0 Å². The fourth-order valence-corrected chi connectivity index (χ4v) is 3.93. The van der Waals surface area contributed by atoms with Crippen molar-refractivity contribution in [3.05, 3.63) is 95.0 Å². The summed E-state index contributed by atoms with van der Waals surface area (Å²) >= 11 is 12.3. The van der Waals surface area contributed by atoms with E-state index in [1.54, 1.807) is 86.6 Å². The van der Waals surface area contributed by atoms with Gasteiger partial charge in [-0.1, -0.05) is 71.7 Å². The molecule has 0 aliphatic rings. The second-order valence-electron chi connectivity index (χ2n) is 8.07. The third-order valence-corrected chi connectivity index (χ3v) is 6.08. The van der Waals surface area contributed by atoms with E-state index in [4.69, 9.17) is 32.7 Å². The van der Waals surface area contributed by atoms with E-state index in [1.165, 1.54) is 0 Å². The number of amides is 2. The molecule has 4 aromatic rings. The zero-order chi connectivity index (χ0) is 25.7. The lowest BCUT2D eigenvalue weighted by atomic mass is 10.1. The van der Waals surface area contributed by atoms with Crippen LogP contribution in [0.3, 0.4) is 0 Å². The molecule has 4 aromatic carbocycles. The minimum Gasteiger partial charge on any atom is -0.479 e. The zero-order valence-electron chi connectivity index (χ0n) is 19.6. The van der Waals surface area contributed by atoms with E-state index >= 15 is 0 Å². The highest BCUT2D eigenvalue weighted by molar-refractivity contribution is 6.32. The number of carbonyl (C=O) groups is 2. The summed E-state index contributed by atoms with van der Waals surface area (Å²) in [5, 5.41) is 8.18. The van der Waals surface area contributed by atoms with Gasteiger partial charge < -0.3 is 20.1 Å². The first-order valence-corrected chi connectivity index (χ1v) is 12.0. The average molecular weight is 523 g/mol. The van der Waals surface area contributed by atoms with Crippen LogP contribution in [0.25, 0.3) is 10.8 Å². The standard InChI is InChI=1S/C28H24Cl2N2O4/c1-17(35-25-15-5-3-11-21(25)29)27(33)31-23-13-7-10-20-19(23)9-8-14-24(20)32-28(34)18(2)36-26-16-6-4-12-22(26)30/h3-18H,1-2H3,(H,31,33)(H,32,34). The molecule has 36 heavy (non-hydrogen) atoms. The van der Waals surface area contributed by atoms with E-state index in [-0.39, 0.29) is 11.8 Å². The summed E-state index contributed by atoms with van der Waals surface area (Å²) in [5.41, 5.74) is 1.17. The molecule has 2 atom stereocenters. The van der Waals surface area contributed by atoms with E-state index in [0.29, 0.717) is 32.9 Å². The maximum absolute atomic E-state index is 12.8. The lowest BCUT2D eigenvalue weighted by molar-refractivity contribution is -0.122. The lowest BCUT2D eigenvalue weighted by Gasteiger charge is -2.18. The third-order valence-electron chi connectivity index (χ3n) is 5.46. The molecule has 184 valence electrons. The number of ether oxygens (including phenoxy) is 2. The Labute approximate surface area is 219 Å². The first-order valence-electron chi connectivity index (χ1n) is 11.3. The SMILES string of the molecule is CC(Oc1ccccc1Cl)C(=O)Nc1cccc2c(NC(=O)C(C)Oc3ccccc3Cl)cccc12. The molecule has 2 N–H and O–H groups in total. The molecule has 2 amide bonds. The Bertz CT molecular complexity index is 1300. The zero-order valence-corrected chi connectivity index (χ0v) is 21.1. The van der Waals surface area contributed by atoms with Crippen molar-refractivity contribution in [1.29, 1.82) is 0 Å². The molecule has 0 fully saturated rings. The third kappa shape index (κ3) is 5.90. The minimum absolute atomic E-state index is 0.335. The van der Waals surface area contributed by atoms with E-state index in [9.17, 15) is 9.59 Å². The van der Waals surface area contributed by atoms with Gasteiger partial charge in [-0.25, -0.2) is 0 Å². The Morgan fingerprint density at radius 3 is 1.39 bits per heavy atom. The van der Waals surface area contributed by atoms with Gasteiger partial charge in [0.05, 0.1) is 10.0 Å². The highest BCUT2D eigenvalue weighted by Crippen LogP contribution is 2.31. The fourth-order valence-electron chi connectivity index (χ4n) is 3.57. The van der Waals surface area contributed by atoms with Crippen LogP contribution in [-0.4, -0.2) is 24.0 Å². The van der Waals surface area contributed by atoms with Crippen LogP contribution in [0.15, 0.2) is 84.9 Å². The summed E-state index contributed by atoms with van der Waals surface area (Å²) < 4.78 is 11.5. The number of rotatable bonds is 8. The second-order valence-corrected chi connectivity index (χ2v) is 8.88. The number of anilines is 2. The van der Waals surface area contributed by atoms with E-state index in [2.05, 4.69) is 10.6 Å². The molecule has 0 aliphatic heterocycles. The number of para-hydroxylation sites is 2. The second kappa shape index (κ2) is 11.3. The van der Waals surface area contributed by atoms with Crippen molar-refractivity contribution < 1.29 is 19.1 Å². The summed E-state index contributed by atoms with van der Waals surface area (Å²) in [7, 11) is 0. The maximum atomic E-state index is 12.8. The first kappa shape index (κ1) is 25.4. The monoisotopic (exact) mass is 522 g/mol. The Morgan fingerprint density at radius 1 is 0.611 bits per heavy atom. The minimum atomic E-state index is -0.786. The highest BCUT2D eigenvalue weighted by Gasteiger charge is 2.19. The summed E-state index contributed by atoms with van der Waals surface area (Å²) in [6.07, 6.45) is -1.57. The van der Waals surface area contributed by atoms with Gasteiger partial charge in [0.1, 0.15) is 11.5 Å². The van der Waals surface area contributed by atoms with Gasteiger partial charge in [-0.3, -0.25) is 9.59 Å². The number of fused-ring (bicyclic) bond motifs is 1. The summed E-state index contributed by atoms with van der Waals surface area (Å²) in [6.45, 7) is 3.30. The molecule has 0 heterocycles. The Hall–Kier alpha value is -3.74. The molecule has 0 radical (unpaired) electrons. The summed E-state index contributed by atoms with van der Waals surface area (Å²) in [6, 6.07) is 24.9. The molecule has 0 aliphatic carbocycles. The Balaban J connectivity index is 1.49. The lowest BCUT2D eigenvalue weighted by Crippen LogP contribution is -2.30.